The van der Waals surface area contributed by atoms with Crippen molar-refractivity contribution in [2.45, 2.75) is 12.5 Å². The number of piperazine rings is 1. The van der Waals surface area contributed by atoms with Crippen LogP contribution in [0.1, 0.15) is 16.8 Å². The zero-order valence-corrected chi connectivity index (χ0v) is 14.5. The van der Waals surface area contributed by atoms with Crippen molar-refractivity contribution < 1.29 is 18.7 Å². The Bertz CT molecular complexity index is 614. The summed E-state index contributed by atoms with van der Waals surface area (Å²) in [5.41, 5.74) is 0.498. The van der Waals surface area contributed by atoms with Crippen LogP contribution in [0.4, 0.5) is 4.39 Å². The number of carbonyl (C=O) groups excluding carboxylic acids is 2. The topological polar surface area (TPSA) is 53.1 Å². The Balaban J connectivity index is 1.53. The molecule has 1 aromatic rings. The predicted octanol–water partition coefficient (Wildman–Crippen LogP) is 0.831. The van der Waals surface area contributed by atoms with Crippen LogP contribution in [0, 0.1) is 5.82 Å². The number of rotatable bonds is 5. The van der Waals surface area contributed by atoms with E-state index in [0.29, 0.717) is 44.9 Å². The van der Waals surface area contributed by atoms with E-state index in [2.05, 4.69) is 4.90 Å². The molecule has 0 spiro atoms. The molecule has 2 heterocycles. The van der Waals surface area contributed by atoms with Crippen LogP contribution in [0.2, 0.25) is 0 Å². The van der Waals surface area contributed by atoms with Crippen LogP contribution < -0.4 is 0 Å². The van der Waals surface area contributed by atoms with Crippen LogP contribution >= 0.6 is 0 Å². The van der Waals surface area contributed by atoms with E-state index in [-0.39, 0.29) is 23.7 Å². The van der Waals surface area contributed by atoms with Gasteiger partial charge in [-0.15, -0.1) is 0 Å². The molecule has 2 aliphatic heterocycles. The second-order valence-corrected chi connectivity index (χ2v) is 6.46. The number of methoxy groups -OCH3 is 1. The van der Waals surface area contributed by atoms with Crippen LogP contribution in [-0.4, -0.2) is 85.5 Å². The molecule has 0 saturated carbocycles. The number of halogens is 1. The Morgan fingerprint density at radius 2 is 1.84 bits per heavy atom. The van der Waals surface area contributed by atoms with E-state index in [4.69, 9.17) is 4.74 Å². The van der Waals surface area contributed by atoms with E-state index < -0.39 is 0 Å². The third-order valence-electron chi connectivity index (χ3n) is 4.97. The molecule has 136 valence electrons. The lowest BCUT2D eigenvalue weighted by atomic mass is 10.1. The summed E-state index contributed by atoms with van der Waals surface area (Å²) >= 11 is 0. The predicted molar refractivity (Wildman–Crippen MR) is 90.7 cm³/mol. The monoisotopic (exact) mass is 349 g/mol. The highest BCUT2D eigenvalue weighted by Crippen LogP contribution is 2.19. The van der Waals surface area contributed by atoms with Gasteiger partial charge in [-0.1, -0.05) is 0 Å². The number of likely N-dealkylation sites (tertiary alicyclic amines) is 1. The van der Waals surface area contributed by atoms with Crippen molar-refractivity contribution in [2.75, 3.05) is 53.0 Å². The molecule has 2 fully saturated rings. The Hall–Kier alpha value is -1.99. The van der Waals surface area contributed by atoms with Crippen molar-refractivity contribution in [2.24, 2.45) is 0 Å². The molecule has 2 aliphatic rings. The molecule has 0 radical (unpaired) electrons. The highest BCUT2D eigenvalue weighted by atomic mass is 19.1. The minimum atomic E-state index is -0.348. The Labute approximate surface area is 147 Å². The molecule has 0 bridgehead atoms. The lowest BCUT2D eigenvalue weighted by molar-refractivity contribution is -0.133. The summed E-state index contributed by atoms with van der Waals surface area (Å²) in [7, 11) is 1.63. The number of benzene rings is 1. The van der Waals surface area contributed by atoms with Gasteiger partial charge < -0.3 is 14.5 Å². The van der Waals surface area contributed by atoms with Crippen LogP contribution in [0.15, 0.2) is 24.3 Å². The van der Waals surface area contributed by atoms with Crippen molar-refractivity contribution in [3.63, 3.8) is 0 Å². The van der Waals surface area contributed by atoms with E-state index in [1.54, 1.807) is 12.0 Å². The molecule has 0 N–H and O–H groups in total. The fourth-order valence-corrected chi connectivity index (χ4v) is 3.50. The molecule has 25 heavy (non-hydrogen) atoms. The first-order chi connectivity index (χ1) is 12.1. The Morgan fingerprint density at radius 3 is 2.48 bits per heavy atom. The standard InChI is InChI=1S/C18H24FN3O3/c1-25-13-12-21-7-6-16(18(21)24)20-8-10-22(11-9-20)17(23)14-2-4-15(19)5-3-14/h2-5,16H,6-13H2,1H3. The molecular weight excluding hydrogens is 325 g/mol. The highest BCUT2D eigenvalue weighted by molar-refractivity contribution is 5.94. The molecule has 1 unspecified atom stereocenters. The second-order valence-electron chi connectivity index (χ2n) is 6.46. The summed E-state index contributed by atoms with van der Waals surface area (Å²) < 4.78 is 18.0. The number of hydrogen-bond donors (Lipinski definition) is 0. The van der Waals surface area contributed by atoms with Gasteiger partial charge in [-0.25, -0.2) is 4.39 Å². The summed E-state index contributed by atoms with van der Waals surface area (Å²) in [6.45, 7) is 4.48. The first-order valence-corrected chi connectivity index (χ1v) is 8.67. The van der Waals surface area contributed by atoms with Crippen molar-refractivity contribution >= 4 is 11.8 Å². The average molecular weight is 349 g/mol. The maximum Gasteiger partial charge on any atom is 0.253 e. The van der Waals surface area contributed by atoms with E-state index >= 15 is 0 Å². The van der Waals surface area contributed by atoms with Crippen molar-refractivity contribution in [1.82, 2.24) is 14.7 Å². The van der Waals surface area contributed by atoms with Gasteiger partial charge in [0, 0.05) is 51.9 Å². The van der Waals surface area contributed by atoms with E-state index in [9.17, 15) is 14.0 Å². The van der Waals surface area contributed by atoms with Gasteiger partial charge in [-0.05, 0) is 30.7 Å². The molecule has 2 amide bonds. The van der Waals surface area contributed by atoms with Crippen LogP contribution in [0.3, 0.4) is 0 Å². The van der Waals surface area contributed by atoms with Crippen LogP contribution in [-0.2, 0) is 9.53 Å². The lowest BCUT2D eigenvalue weighted by Crippen LogP contribution is -2.53. The van der Waals surface area contributed by atoms with Gasteiger partial charge in [0.25, 0.3) is 5.91 Å². The second kappa shape index (κ2) is 7.93. The summed E-state index contributed by atoms with van der Waals surface area (Å²) in [6.07, 6.45) is 0.828. The molecule has 3 rings (SSSR count). The maximum absolute atomic E-state index is 13.0. The zero-order chi connectivity index (χ0) is 17.8. The van der Waals surface area contributed by atoms with Gasteiger partial charge in [-0.3, -0.25) is 14.5 Å². The van der Waals surface area contributed by atoms with Crippen molar-refractivity contribution in [3.8, 4) is 0 Å². The number of carbonyl (C=O) groups is 2. The fourth-order valence-electron chi connectivity index (χ4n) is 3.50. The summed E-state index contributed by atoms with van der Waals surface area (Å²) in [5, 5.41) is 0. The number of hydrogen-bond acceptors (Lipinski definition) is 4. The summed E-state index contributed by atoms with van der Waals surface area (Å²) in [6, 6.07) is 5.54. The molecule has 1 aromatic carbocycles. The molecule has 7 heteroatoms. The minimum absolute atomic E-state index is 0.0834. The molecule has 1 atom stereocenters. The summed E-state index contributed by atoms with van der Waals surface area (Å²) in [4.78, 5) is 30.8. The summed E-state index contributed by atoms with van der Waals surface area (Å²) in [5.74, 6) is -0.270. The first kappa shape index (κ1) is 17.8. The molecule has 2 saturated heterocycles. The van der Waals surface area contributed by atoms with Crippen LogP contribution in [0.5, 0.6) is 0 Å². The molecule has 6 nitrogen and oxygen atoms in total. The number of nitrogens with zero attached hydrogens (tertiary/aromatic N) is 3. The quantitative estimate of drug-likeness (QED) is 0.790. The van der Waals surface area contributed by atoms with Gasteiger partial charge in [0.15, 0.2) is 0 Å². The third-order valence-corrected chi connectivity index (χ3v) is 4.97. The van der Waals surface area contributed by atoms with Gasteiger partial charge in [0.05, 0.1) is 12.6 Å². The minimum Gasteiger partial charge on any atom is -0.383 e. The number of amides is 2. The smallest absolute Gasteiger partial charge is 0.253 e. The molecule has 0 aliphatic carbocycles. The van der Waals surface area contributed by atoms with Gasteiger partial charge in [0.1, 0.15) is 5.82 Å². The van der Waals surface area contributed by atoms with Crippen LogP contribution in [0.25, 0.3) is 0 Å². The normalized spacial score (nSPS) is 21.8. The van der Waals surface area contributed by atoms with E-state index in [1.165, 1.54) is 24.3 Å². The van der Waals surface area contributed by atoms with E-state index in [0.717, 1.165) is 13.0 Å². The largest absolute Gasteiger partial charge is 0.383 e. The zero-order valence-electron chi connectivity index (χ0n) is 14.5. The van der Waals surface area contributed by atoms with Gasteiger partial charge >= 0.3 is 0 Å². The SMILES string of the molecule is COCCN1CCC(N2CCN(C(=O)c3ccc(F)cc3)CC2)C1=O. The third kappa shape index (κ3) is 3.99. The molecule has 0 aromatic heterocycles. The molecular formula is C18H24FN3O3. The maximum atomic E-state index is 13.0. The highest BCUT2D eigenvalue weighted by Gasteiger charge is 2.37. The Morgan fingerprint density at radius 1 is 1.16 bits per heavy atom. The van der Waals surface area contributed by atoms with Crippen molar-refractivity contribution in [3.05, 3.63) is 35.6 Å². The lowest BCUT2D eigenvalue weighted by Gasteiger charge is -2.37. The average Bonchev–Trinajstić information content (AvgIpc) is 3.01. The fraction of sp³-hybridized carbons (Fsp3) is 0.556. The first-order valence-electron chi connectivity index (χ1n) is 8.67. The van der Waals surface area contributed by atoms with Gasteiger partial charge in [0.2, 0.25) is 5.91 Å². The van der Waals surface area contributed by atoms with Crippen molar-refractivity contribution in [1.29, 1.82) is 0 Å². The Kier molecular flexibility index (Phi) is 5.65. The van der Waals surface area contributed by atoms with E-state index in [1.807, 2.05) is 4.90 Å². The van der Waals surface area contributed by atoms with Gasteiger partial charge in [-0.2, -0.15) is 0 Å². The number of ether oxygens (including phenoxy) is 1.